The van der Waals surface area contributed by atoms with Gasteiger partial charge in [0, 0.05) is 33.4 Å². The molecule has 1 heterocycles. The SMILES string of the molecule is c1ccc(-c2ccc(N(c3ccc(-c4cccc(-c5ccccc5)c4)cc3)c3ccc(-c4cccc5c4oc4ccccc45)cc3)cc2)cc1. The van der Waals surface area contributed by atoms with Crippen LogP contribution < -0.4 is 4.90 Å². The number of furan rings is 1. The van der Waals surface area contributed by atoms with Crippen molar-refractivity contribution in [3.05, 3.63) is 200 Å². The molecule has 0 unspecified atom stereocenters. The van der Waals surface area contributed by atoms with Gasteiger partial charge in [-0.3, -0.25) is 0 Å². The molecule has 9 rings (SSSR count). The second-order valence-electron chi connectivity index (χ2n) is 12.6. The Morgan fingerprint density at radius 3 is 1.32 bits per heavy atom. The molecule has 0 amide bonds. The normalized spacial score (nSPS) is 11.2. The molecule has 50 heavy (non-hydrogen) atoms. The number of fused-ring (bicyclic) bond motifs is 3. The lowest BCUT2D eigenvalue weighted by molar-refractivity contribution is 0.670. The van der Waals surface area contributed by atoms with Crippen LogP contribution in [0, 0.1) is 0 Å². The highest BCUT2D eigenvalue weighted by atomic mass is 16.3. The first-order valence-corrected chi connectivity index (χ1v) is 17.0. The third-order valence-corrected chi connectivity index (χ3v) is 9.50. The second kappa shape index (κ2) is 12.8. The van der Waals surface area contributed by atoms with E-state index in [9.17, 15) is 0 Å². The summed E-state index contributed by atoms with van der Waals surface area (Å²) in [6.07, 6.45) is 0. The van der Waals surface area contributed by atoms with E-state index in [1.807, 2.05) is 12.1 Å². The third kappa shape index (κ3) is 5.53. The lowest BCUT2D eigenvalue weighted by Crippen LogP contribution is -2.09. The van der Waals surface area contributed by atoms with E-state index in [1.54, 1.807) is 0 Å². The van der Waals surface area contributed by atoms with E-state index in [0.717, 1.165) is 50.1 Å². The van der Waals surface area contributed by atoms with E-state index in [2.05, 4.69) is 193 Å². The van der Waals surface area contributed by atoms with Gasteiger partial charge in [-0.25, -0.2) is 0 Å². The molecule has 0 radical (unpaired) electrons. The van der Waals surface area contributed by atoms with Crippen molar-refractivity contribution in [1.82, 2.24) is 0 Å². The molecule has 0 saturated carbocycles. The molecule has 9 aromatic rings. The molecule has 0 N–H and O–H groups in total. The van der Waals surface area contributed by atoms with Crippen LogP contribution in [0.25, 0.3) is 66.4 Å². The highest BCUT2D eigenvalue weighted by Crippen LogP contribution is 2.40. The van der Waals surface area contributed by atoms with Crippen LogP contribution in [0.4, 0.5) is 17.1 Å². The molecule has 0 atom stereocenters. The van der Waals surface area contributed by atoms with E-state index >= 15 is 0 Å². The summed E-state index contributed by atoms with van der Waals surface area (Å²) in [5.74, 6) is 0. The van der Waals surface area contributed by atoms with Gasteiger partial charge >= 0.3 is 0 Å². The summed E-state index contributed by atoms with van der Waals surface area (Å²) in [7, 11) is 0. The average Bonchev–Trinajstić information content (AvgIpc) is 3.59. The van der Waals surface area contributed by atoms with E-state index in [0.29, 0.717) is 0 Å². The highest BCUT2D eigenvalue weighted by Gasteiger charge is 2.16. The molecular formula is C48H33NO. The lowest BCUT2D eigenvalue weighted by Gasteiger charge is -2.26. The smallest absolute Gasteiger partial charge is 0.143 e. The summed E-state index contributed by atoms with van der Waals surface area (Å²) in [6.45, 7) is 0. The van der Waals surface area contributed by atoms with Gasteiger partial charge in [0.2, 0.25) is 0 Å². The van der Waals surface area contributed by atoms with Gasteiger partial charge in [-0.05, 0) is 87.5 Å². The lowest BCUT2D eigenvalue weighted by atomic mass is 9.98. The Morgan fingerprint density at radius 2 is 0.720 bits per heavy atom. The molecule has 0 aliphatic heterocycles. The van der Waals surface area contributed by atoms with Gasteiger partial charge in [0.15, 0.2) is 0 Å². The minimum atomic E-state index is 0.909. The van der Waals surface area contributed by atoms with Crippen molar-refractivity contribution in [2.45, 2.75) is 0 Å². The molecule has 0 fully saturated rings. The third-order valence-electron chi connectivity index (χ3n) is 9.50. The fraction of sp³-hybridized carbons (Fsp3) is 0. The van der Waals surface area contributed by atoms with Gasteiger partial charge in [-0.2, -0.15) is 0 Å². The Bertz CT molecular complexity index is 2550. The van der Waals surface area contributed by atoms with Crippen LogP contribution in [-0.4, -0.2) is 0 Å². The monoisotopic (exact) mass is 639 g/mol. The van der Waals surface area contributed by atoms with E-state index in [4.69, 9.17) is 4.42 Å². The van der Waals surface area contributed by atoms with Gasteiger partial charge in [0.25, 0.3) is 0 Å². The van der Waals surface area contributed by atoms with Crippen LogP contribution in [-0.2, 0) is 0 Å². The van der Waals surface area contributed by atoms with Crippen molar-refractivity contribution in [1.29, 1.82) is 0 Å². The summed E-state index contributed by atoms with van der Waals surface area (Å²) in [5, 5.41) is 2.28. The molecule has 8 aromatic carbocycles. The molecule has 0 spiro atoms. The molecule has 0 aliphatic rings. The maximum absolute atomic E-state index is 6.37. The topological polar surface area (TPSA) is 16.4 Å². The first-order chi connectivity index (χ1) is 24.8. The van der Waals surface area contributed by atoms with Gasteiger partial charge in [0.1, 0.15) is 11.2 Å². The Labute approximate surface area is 292 Å². The minimum Gasteiger partial charge on any atom is -0.455 e. The Hall–Kier alpha value is -6.64. The van der Waals surface area contributed by atoms with E-state index in [1.165, 1.54) is 33.4 Å². The van der Waals surface area contributed by atoms with Crippen molar-refractivity contribution in [3.8, 4) is 44.5 Å². The van der Waals surface area contributed by atoms with Crippen molar-refractivity contribution >= 4 is 39.0 Å². The first-order valence-electron chi connectivity index (χ1n) is 17.0. The zero-order valence-electron chi connectivity index (χ0n) is 27.4. The summed E-state index contributed by atoms with van der Waals surface area (Å²) in [6, 6.07) is 71.0. The summed E-state index contributed by atoms with van der Waals surface area (Å²) in [5.41, 5.74) is 14.5. The molecule has 0 aliphatic carbocycles. The van der Waals surface area contributed by atoms with Crippen molar-refractivity contribution in [2.75, 3.05) is 4.90 Å². The number of anilines is 3. The highest BCUT2D eigenvalue weighted by molar-refractivity contribution is 6.09. The molecule has 0 bridgehead atoms. The van der Waals surface area contributed by atoms with Gasteiger partial charge in [0.05, 0.1) is 0 Å². The number of hydrogen-bond donors (Lipinski definition) is 0. The van der Waals surface area contributed by atoms with Crippen molar-refractivity contribution in [2.24, 2.45) is 0 Å². The maximum atomic E-state index is 6.37. The molecule has 0 saturated heterocycles. The van der Waals surface area contributed by atoms with Crippen LogP contribution >= 0.6 is 0 Å². The first kappa shape index (κ1) is 29.5. The largest absolute Gasteiger partial charge is 0.455 e. The second-order valence-corrected chi connectivity index (χ2v) is 12.6. The molecule has 1 aromatic heterocycles. The average molecular weight is 640 g/mol. The predicted molar refractivity (Wildman–Crippen MR) is 210 cm³/mol. The number of hydrogen-bond acceptors (Lipinski definition) is 2. The fourth-order valence-electron chi connectivity index (χ4n) is 6.96. The van der Waals surface area contributed by atoms with Crippen LogP contribution in [0.15, 0.2) is 205 Å². The zero-order valence-corrected chi connectivity index (χ0v) is 27.4. The van der Waals surface area contributed by atoms with Crippen molar-refractivity contribution in [3.63, 3.8) is 0 Å². The molecule has 236 valence electrons. The number of nitrogens with zero attached hydrogens (tertiary/aromatic N) is 1. The predicted octanol–water partition coefficient (Wildman–Crippen LogP) is 13.7. The number of rotatable bonds is 7. The van der Waals surface area contributed by atoms with Gasteiger partial charge in [-0.1, -0.05) is 152 Å². The minimum absolute atomic E-state index is 0.909. The van der Waals surface area contributed by atoms with Crippen LogP contribution in [0.2, 0.25) is 0 Å². The van der Waals surface area contributed by atoms with Gasteiger partial charge in [-0.15, -0.1) is 0 Å². The molecule has 2 nitrogen and oxygen atoms in total. The van der Waals surface area contributed by atoms with Crippen LogP contribution in [0.3, 0.4) is 0 Å². The van der Waals surface area contributed by atoms with Crippen LogP contribution in [0.5, 0.6) is 0 Å². The van der Waals surface area contributed by atoms with Crippen molar-refractivity contribution < 1.29 is 4.42 Å². The van der Waals surface area contributed by atoms with Gasteiger partial charge < -0.3 is 9.32 Å². The standard InChI is InChI=1S/C48H33NO/c1-3-11-34(12-4-1)36-21-27-41(28-22-36)49(42-29-23-37(24-30-42)40-16-9-15-39(33-40)35-13-5-2-6-14-35)43-31-25-38(26-32-43)44-18-10-19-46-45-17-7-8-20-47(45)50-48(44)46/h1-33H. The Kier molecular flexibility index (Phi) is 7.53. The zero-order chi connectivity index (χ0) is 33.3. The number of benzene rings is 8. The molecular weight excluding hydrogens is 607 g/mol. The molecule has 2 heteroatoms. The summed E-state index contributed by atoms with van der Waals surface area (Å²) >= 11 is 0. The number of para-hydroxylation sites is 2. The maximum Gasteiger partial charge on any atom is 0.143 e. The summed E-state index contributed by atoms with van der Waals surface area (Å²) < 4.78 is 6.37. The quantitative estimate of drug-likeness (QED) is 0.173. The fourth-order valence-corrected chi connectivity index (χ4v) is 6.96. The van der Waals surface area contributed by atoms with E-state index < -0.39 is 0 Å². The van der Waals surface area contributed by atoms with Crippen LogP contribution in [0.1, 0.15) is 0 Å². The Morgan fingerprint density at radius 1 is 0.300 bits per heavy atom. The van der Waals surface area contributed by atoms with E-state index in [-0.39, 0.29) is 0 Å². The Balaban J connectivity index is 1.09. The summed E-state index contributed by atoms with van der Waals surface area (Å²) in [4.78, 5) is 2.32.